The van der Waals surface area contributed by atoms with Crippen LogP contribution >= 0.6 is 0 Å². The van der Waals surface area contributed by atoms with E-state index in [1.807, 2.05) is 60.7 Å². The van der Waals surface area contributed by atoms with Gasteiger partial charge in [-0.3, -0.25) is 0 Å². The van der Waals surface area contributed by atoms with E-state index in [1.165, 1.54) is 27.5 Å². The van der Waals surface area contributed by atoms with Gasteiger partial charge in [0.25, 0.3) is 0 Å². The molecule has 0 saturated heterocycles. The van der Waals surface area contributed by atoms with Crippen LogP contribution in [-0.2, 0) is 0 Å². The number of furan rings is 1. The number of hydrogen-bond donors (Lipinski definition) is 0. The highest BCUT2D eigenvalue weighted by Gasteiger charge is 2.14. The Kier molecular flexibility index (Phi) is 7.43. The quantitative estimate of drug-likeness (QED) is 0.176. The Morgan fingerprint density at radius 3 is 1.43 bits per heavy atom. The summed E-state index contributed by atoms with van der Waals surface area (Å²) in [5.41, 5.74) is 11.5. The van der Waals surface area contributed by atoms with Gasteiger partial charge >= 0.3 is 0 Å². The number of nitrogens with zero attached hydrogens (tertiary/aromatic N) is 3. The Morgan fingerprint density at radius 1 is 0.283 bits per heavy atom. The van der Waals surface area contributed by atoms with Gasteiger partial charge in [0.2, 0.25) is 0 Å². The Morgan fingerprint density at radius 2 is 0.774 bits per heavy atom. The van der Waals surface area contributed by atoms with Crippen LogP contribution in [-0.4, -0.2) is 15.0 Å². The summed E-state index contributed by atoms with van der Waals surface area (Å²) < 4.78 is 6.40. The third kappa shape index (κ3) is 5.73. The van der Waals surface area contributed by atoms with Gasteiger partial charge in [-0.2, -0.15) is 0 Å². The molecule has 2 heterocycles. The molecule has 0 aliphatic carbocycles. The molecule has 4 nitrogen and oxygen atoms in total. The van der Waals surface area contributed by atoms with Crippen molar-refractivity contribution in [3.63, 3.8) is 0 Å². The lowest BCUT2D eigenvalue weighted by molar-refractivity contribution is 0.669. The summed E-state index contributed by atoms with van der Waals surface area (Å²) in [6.45, 7) is 0. The minimum absolute atomic E-state index is 0.635. The standard InChI is InChI=1S/C49H31N3O/c1-3-11-36(12-4-1)47-50-48(37-13-5-2-6-14-37)52-49(51-47)38-24-20-33(21-25-38)40-26-28-43-44-30-39(27-29-45(44)53-46(43)31-40)32-18-22-35(23-19-32)42-17-9-15-34-10-7-8-16-41(34)42/h1-31H. The number of aromatic nitrogens is 3. The molecule has 0 radical (unpaired) electrons. The summed E-state index contributed by atoms with van der Waals surface area (Å²) in [4.78, 5) is 14.6. The summed E-state index contributed by atoms with van der Waals surface area (Å²) in [5, 5.41) is 4.72. The average Bonchev–Trinajstić information content (AvgIpc) is 3.61. The summed E-state index contributed by atoms with van der Waals surface area (Å²) in [5.74, 6) is 1.93. The Hall–Kier alpha value is -7.17. The third-order valence-electron chi connectivity index (χ3n) is 9.97. The fraction of sp³-hybridized carbons (Fsp3) is 0. The van der Waals surface area contributed by atoms with Crippen LogP contribution in [0.5, 0.6) is 0 Å². The highest BCUT2D eigenvalue weighted by Crippen LogP contribution is 2.36. The zero-order valence-electron chi connectivity index (χ0n) is 28.6. The molecule has 8 aromatic carbocycles. The predicted molar refractivity (Wildman–Crippen MR) is 217 cm³/mol. The Balaban J connectivity index is 0.950. The normalized spacial score (nSPS) is 11.4. The minimum Gasteiger partial charge on any atom is -0.456 e. The summed E-state index contributed by atoms with van der Waals surface area (Å²) in [6, 6.07) is 65.3. The van der Waals surface area contributed by atoms with Crippen molar-refractivity contribution in [3.8, 4) is 67.5 Å². The third-order valence-corrected chi connectivity index (χ3v) is 9.97. The molecule has 0 spiro atoms. The molecule has 0 saturated carbocycles. The van der Waals surface area contributed by atoms with Crippen molar-refractivity contribution < 1.29 is 4.42 Å². The summed E-state index contributed by atoms with van der Waals surface area (Å²) in [6.07, 6.45) is 0. The van der Waals surface area contributed by atoms with Crippen LogP contribution in [0.15, 0.2) is 192 Å². The highest BCUT2D eigenvalue weighted by atomic mass is 16.3. The molecule has 0 unspecified atom stereocenters. The summed E-state index contributed by atoms with van der Waals surface area (Å²) >= 11 is 0. The minimum atomic E-state index is 0.635. The second-order valence-electron chi connectivity index (χ2n) is 13.2. The second kappa shape index (κ2) is 12.9. The molecule has 0 atom stereocenters. The first-order chi connectivity index (χ1) is 26.2. The monoisotopic (exact) mass is 677 g/mol. The molecular weight excluding hydrogens is 647 g/mol. The lowest BCUT2D eigenvalue weighted by Crippen LogP contribution is -2.00. The summed E-state index contributed by atoms with van der Waals surface area (Å²) in [7, 11) is 0. The van der Waals surface area contributed by atoms with Crippen LogP contribution in [0.2, 0.25) is 0 Å². The molecular formula is C49H31N3O. The molecule has 10 rings (SSSR count). The van der Waals surface area contributed by atoms with E-state index < -0.39 is 0 Å². The van der Waals surface area contributed by atoms with Crippen LogP contribution < -0.4 is 0 Å². The first kappa shape index (κ1) is 30.6. The predicted octanol–water partition coefficient (Wildman–Crippen LogP) is 12.9. The Labute approximate surface area is 306 Å². The van der Waals surface area contributed by atoms with Crippen molar-refractivity contribution in [1.29, 1.82) is 0 Å². The number of fused-ring (bicyclic) bond motifs is 4. The average molecular weight is 678 g/mol. The lowest BCUT2D eigenvalue weighted by Gasteiger charge is -2.09. The molecule has 0 aliphatic rings. The van der Waals surface area contributed by atoms with Gasteiger partial charge in [-0.05, 0) is 68.4 Å². The maximum absolute atomic E-state index is 6.40. The van der Waals surface area contributed by atoms with Crippen LogP contribution in [0.1, 0.15) is 0 Å². The van der Waals surface area contributed by atoms with E-state index >= 15 is 0 Å². The SMILES string of the molecule is c1ccc(-c2nc(-c3ccccc3)nc(-c3ccc(-c4ccc5c(c4)oc4ccc(-c6ccc(-c7cccc8ccccc78)cc6)cc45)cc3)n2)cc1. The zero-order chi connectivity index (χ0) is 35.1. The zero-order valence-corrected chi connectivity index (χ0v) is 28.6. The largest absolute Gasteiger partial charge is 0.456 e. The van der Waals surface area contributed by atoms with E-state index in [-0.39, 0.29) is 0 Å². The van der Waals surface area contributed by atoms with Gasteiger partial charge in [-0.15, -0.1) is 0 Å². The van der Waals surface area contributed by atoms with Crippen molar-refractivity contribution in [2.24, 2.45) is 0 Å². The highest BCUT2D eigenvalue weighted by molar-refractivity contribution is 6.07. The van der Waals surface area contributed by atoms with Crippen LogP contribution in [0.4, 0.5) is 0 Å². The van der Waals surface area contributed by atoms with Gasteiger partial charge in [-0.25, -0.2) is 15.0 Å². The maximum atomic E-state index is 6.40. The lowest BCUT2D eigenvalue weighted by atomic mass is 9.96. The molecule has 53 heavy (non-hydrogen) atoms. The van der Waals surface area contributed by atoms with Crippen LogP contribution in [0.3, 0.4) is 0 Å². The number of rotatable bonds is 6. The molecule has 0 amide bonds. The molecule has 10 aromatic rings. The molecule has 2 aromatic heterocycles. The van der Waals surface area contributed by atoms with E-state index in [9.17, 15) is 0 Å². The number of hydrogen-bond acceptors (Lipinski definition) is 4. The van der Waals surface area contributed by atoms with Crippen molar-refractivity contribution in [2.45, 2.75) is 0 Å². The van der Waals surface area contributed by atoms with E-state index in [1.54, 1.807) is 0 Å². The topological polar surface area (TPSA) is 51.8 Å². The first-order valence-electron chi connectivity index (χ1n) is 17.8. The fourth-order valence-corrected chi connectivity index (χ4v) is 7.21. The first-order valence-corrected chi connectivity index (χ1v) is 17.8. The van der Waals surface area contributed by atoms with Crippen LogP contribution in [0.25, 0.3) is 100 Å². The van der Waals surface area contributed by atoms with Crippen molar-refractivity contribution in [3.05, 3.63) is 188 Å². The smallest absolute Gasteiger partial charge is 0.164 e. The molecule has 248 valence electrons. The van der Waals surface area contributed by atoms with Crippen LogP contribution in [0, 0.1) is 0 Å². The molecule has 4 heteroatoms. The second-order valence-corrected chi connectivity index (χ2v) is 13.2. The van der Waals surface area contributed by atoms with Crippen molar-refractivity contribution >= 4 is 32.7 Å². The molecule has 0 bridgehead atoms. The van der Waals surface area contributed by atoms with Gasteiger partial charge in [0.1, 0.15) is 11.2 Å². The van der Waals surface area contributed by atoms with E-state index in [4.69, 9.17) is 19.4 Å². The van der Waals surface area contributed by atoms with E-state index in [2.05, 4.69) is 127 Å². The maximum Gasteiger partial charge on any atom is 0.164 e. The van der Waals surface area contributed by atoms with Gasteiger partial charge in [-0.1, -0.05) is 164 Å². The molecule has 0 aliphatic heterocycles. The van der Waals surface area contributed by atoms with Gasteiger partial charge in [0, 0.05) is 27.5 Å². The number of benzene rings is 8. The van der Waals surface area contributed by atoms with Gasteiger partial charge < -0.3 is 4.42 Å². The van der Waals surface area contributed by atoms with E-state index in [0.29, 0.717) is 17.5 Å². The fourth-order valence-electron chi connectivity index (χ4n) is 7.21. The molecule has 0 N–H and O–H groups in total. The Bertz CT molecular complexity index is 2850. The van der Waals surface area contributed by atoms with Gasteiger partial charge in [0.05, 0.1) is 0 Å². The van der Waals surface area contributed by atoms with Gasteiger partial charge in [0.15, 0.2) is 17.5 Å². The van der Waals surface area contributed by atoms with Crippen molar-refractivity contribution in [1.82, 2.24) is 15.0 Å². The van der Waals surface area contributed by atoms with Crippen molar-refractivity contribution in [2.75, 3.05) is 0 Å². The molecule has 0 fully saturated rings. The van der Waals surface area contributed by atoms with E-state index in [0.717, 1.165) is 55.3 Å².